The van der Waals surface area contributed by atoms with Crippen LogP contribution in [0.3, 0.4) is 0 Å². The van der Waals surface area contributed by atoms with Crippen molar-refractivity contribution in [3.05, 3.63) is 66.2 Å². The van der Waals surface area contributed by atoms with Crippen molar-refractivity contribution in [2.45, 2.75) is 19.4 Å². The number of nitrogens with one attached hydrogen (secondary N) is 1. The zero-order valence-corrected chi connectivity index (χ0v) is 10.6. The highest BCUT2D eigenvalue weighted by Gasteiger charge is 2.00. The Kier molecular flexibility index (Phi) is 4.44. The summed E-state index contributed by atoms with van der Waals surface area (Å²) in [4.78, 5) is 0. The van der Waals surface area contributed by atoms with Crippen LogP contribution in [0.2, 0.25) is 0 Å². The van der Waals surface area contributed by atoms with Gasteiger partial charge < -0.3 is 5.32 Å². The minimum Gasteiger partial charge on any atom is -0.372 e. The Morgan fingerprint density at radius 3 is 2.17 bits per heavy atom. The molecule has 0 aliphatic carbocycles. The Morgan fingerprint density at radius 1 is 0.944 bits per heavy atom. The smallest absolute Gasteiger partial charge is 0.0878 e. The second-order valence-corrected chi connectivity index (χ2v) is 4.11. The molecule has 0 fully saturated rings. The van der Waals surface area contributed by atoms with E-state index in [2.05, 4.69) is 36.2 Å². The van der Waals surface area contributed by atoms with Gasteiger partial charge in [0, 0.05) is 11.3 Å². The van der Waals surface area contributed by atoms with E-state index < -0.39 is 0 Å². The van der Waals surface area contributed by atoms with Crippen molar-refractivity contribution in [2.75, 3.05) is 5.32 Å². The summed E-state index contributed by atoms with van der Waals surface area (Å²) in [6.07, 6.45) is 0.981. The molecule has 0 amide bonds. The van der Waals surface area contributed by atoms with Crippen LogP contribution < -0.4 is 5.32 Å². The molecule has 2 rings (SSSR count). The third-order valence-corrected chi connectivity index (χ3v) is 2.69. The molecule has 0 saturated carbocycles. The van der Waals surface area contributed by atoms with E-state index in [1.807, 2.05) is 48.5 Å². The van der Waals surface area contributed by atoms with Gasteiger partial charge in [-0.15, -0.1) is 0 Å². The summed E-state index contributed by atoms with van der Waals surface area (Å²) in [6, 6.07) is 20.5. The van der Waals surface area contributed by atoms with E-state index in [1.54, 1.807) is 0 Å². The maximum Gasteiger partial charge on any atom is 0.0878 e. The fourth-order valence-electron chi connectivity index (χ4n) is 1.67. The lowest BCUT2D eigenvalue weighted by Gasteiger charge is -2.11. The number of rotatable bonds is 3. The van der Waals surface area contributed by atoms with Gasteiger partial charge in [0.2, 0.25) is 0 Å². The average Bonchev–Trinajstić information content (AvgIpc) is 2.45. The van der Waals surface area contributed by atoms with Crippen molar-refractivity contribution in [2.24, 2.45) is 0 Å². The maximum absolute atomic E-state index is 3.43. The lowest BCUT2D eigenvalue weighted by atomic mass is 10.1. The van der Waals surface area contributed by atoms with Gasteiger partial charge in [0.25, 0.3) is 0 Å². The summed E-state index contributed by atoms with van der Waals surface area (Å²) in [5.41, 5.74) is 2.18. The number of benzene rings is 2. The van der Waals surface area contributed by atoms with E-state index in [4.69, 9.17) is 0 Å². The number of hydrogen-bond donors (Lipinski definition) is 1. The Hall–Kier alpha value is -2.20. The molecular formula is C17H17N. The Labute approximate surface area is 109 Å². The number of para-hydroxylation sites is 1. The van der Waals surface area contributed by atoms with Crippen LogP contribution in [0.5, 0.6) is 0 Å². The quantitative estimate of drug-likeness (QED) is 0.795. The first-order valence-electron chi connectivity index (χ1n) is 6.26. The largest absolute Gasteiger partial charge is 0.372 e. The second kappa shape index (κ2) is 6.51. The molecule has 0 radical (unpaired) electrons. The molecule has 0 saturated heterocycles. The van der Waals surface area contributed by atoms with Gasteiger partial charge in [-0.05, 0) is 30.7 Å². The zero-order chi connectivity index (χ0) is 12.6. The van der Waals surface area contributed by atoms with Crippen molar-refractivity contribution in [3.8, 4) is 11.8 Å². The van der Waals surface area contributed by atoms with Crippen molar-refractivity contribution in [1.82, 2.24) is 0 Å². The first kappa shape index (κ1) is 12.3. The molecule has 0 aromatic heterocycles. The van der Waals surface area contributed by atoms with Gasteiger partial charge in [0.1, 0.15) is 0 Å². The standard InChI is InChI=1S/C17H17N/c1-2-16(18-17-11-7-4-8-12-17)14-13-15-9-5-3-6-10-15/h3-12,16,18H,2H2,1H3. The van der Waals surface area contributed by atoms with Crippen LogP contribution in [-0.2, 0) is 0 Å². The maximum atomic E-state index is 3.43. The summed E-state index contributed by atoms with van der Waals surface area (Å²) < 4.78 is 0. The molecule has 0 heterocycles. The minimum atomic E-state index is 0.188. The van der Waals surface area contributed by atoms with E-state index in [1.165, 1.54) is 0 Å². The van der Waals surface area contributed by atoms with Crippen LogP contribution in [0.4, 0.5) is 5.69 Å². The predicted octanol–water partition coefficient (Wildman–Crippen LogP) is 3.93. The van der Waals surface area contributed by atoms with Gasteiger partial charge in [0.15, 0.2) is 0 Å². The summed E-state index contributed by atoms with van der Waals surface area (Å²) in [6.45, 7) is 2.14. The SMILES string of the molecule is CCC(C#Cc1ccccc1)Nc1ccccc1. The van der Waals surface area contributed by atoms with Gasteiger partial charge in [-0.2, -0.15) is 0 Å². The first-order valence-corrected chi connectivity index (χ1v) is 6.26. The predicted molar refractivity (Wildman–Crippen MR) is 77.5 cm³/mol. The highest BCUT2D eigenvalue weighted by Crippen LogP contribution is 2.08. The zero-order valence-electron chi connectivity index (χ0n) is 10.6. The molecule has 1 atom stereocenters. The summed E-state index contributed by atoms with van der Waals surface area (Å²) >= 11 is 0. The highest BCUT2D eigenvalue weighted by atomic mass is 14.9. The fourth-order valence-corrected chi connectivity index (χ4v) is 1.67. The molecule has 0 spiro atoms. The molecular weight excluding hydrogens is 218 g/mol. The summed E-state index contributed by atoms with van der Waals surface area (Å²) in [5.74, 6) is 6.48. The third kappa shape index (κ3) is 3.68. The molecule has 1 nitrogen and oxygen atoms in total. The molecule has 1 heteroatoms. The molecule has 90 valence electrons. The first-order chi connectivity index (χ1) is 8.88. The second-order valence-electron chi connectivity index (χ2n) is 4.11. The monoisotopic (exact) mass is 235 g/mol. The van der Waals surface area contributed by atoms with E-state index in [0.29, 0.717) is 0 Å². The molecule has 2 aromatic carbocycles. The Balaban J connectivity index is 2.05. The molecule has 18 heavy (non-hydrogen) atoms. The van der Waals surface area contributed by atoms with Crippen molar-refractivity contribution in [1.29, 1.82) is 0 Å². The molecule has 0 aliphatic heterocycles. The van der Waals surface area contributed by atoms with Gasteiger partial charge in [-0.3, -0.25) is 0 Å². The molecule has 1 unspecified atom stereocenters. The van der Waals surface area contributed by atoms with Crippen LogP contribution in [-0.4, -0.2) is 6.04 Å². The third-order valence-electron chi connectivity index (χ3n) is 2.69. The molecule has 1 N–H and O–H groups in total. The minimum absolute atomic E-state index is 0.188. The average molecular weight is 235 g/mol. The van der Waals surface area contributed by atoms with Gasteiger partial charge in [-0.25, -0.2) is 0 Å². The van der Waals surface area contributed by atoms with E-state index in [0.717, 1.165) is 17.7 Å². The normalized spacial score (nSPS) is 11.2. The lowest BCUT2D eigenvalue weighted by molar-refractivity contribution is 0.857. The summed E-state index contributed by atoms with van der Waals surface area (Å²) in [7, 11) is 0. The number of anilines is 1. The van der Waals surface area contributed by atoms with Gasteiger partial charge in [0.05, 0.1) is 6.04 Å². The van der Waals surface area contributed by atoms with Crippen LogP contribution in [0, 0.1) is 11.8 Å². The lowest BCUT2D eigenvalue weighted by Crippen LogP contribution is -2.15. The van der Waals surface area contributed by atoms with Crippen molar-refractivity contribution in [3.63, 3.8) is 0 Å². The Bertz CT molecular complexity index is 520. The van der Waals surface area contributed by atoms with Crippen molar-refractivity contribution >= 4 is 5.69 Å². The molecule has 0 bridgehead atoms. The van der Waals surface area contributed by atoms with E-state index >= 15 is 0 Å². The van der Waals surface area contributed by atoms with Crippen LogP contribution >= 0.6 is 0 Å². The fraction of sp³-hybridized carbons (Fsp3) is 0.176. The van der Waals surface area contributed by atoms with Crippen LogP contribution in [0.15, 0.2) is 60.7 Å². The topological polar surface area (TPSA) is 12.0 Å². The van der Waals surface area contributed by atoms with Crippen LogP contribution in [0.25, 0.3) is 0 Å². The highest BCUT2D eigenvalue weighted by molar-refractivity contribution is 5.46. The van der Waals surface area contributed by atoms with E-state index in [-0.39, 0.29) is 6.04 Å². The number of hydrogen-bond acceptors (Lipinski definition) is 1. The van der Waals surface area contributed by atoms with Crippen molar-refractivity contribution < 1.29 is 0 Å². The molecule has 0 aliphatic rings. The van der Waals surface area contributed by atoms with Crippen LogP contribution in [0.1, 0.15) is 18.9 Å². The summed E-state index contributed by atoms with van der Waals surface area (Å²) in [5, 5.41) is 3.43. The van der Waals surface area contributed by atoms with E-state index in [9.17, 15) is 0 Å². The molecule has 2 aromatic rings. The van der Waals surface area contributed by atoms with Gasteiger partial charge >= 0.3 is 0 Å². The van der Waals surface area contributed by atoms with Gasteiger partial charge in [-0.1, -0.05) is 55.2 Å². The Morgan fingerprint density at radius 2 is 1.56 bits per heavy atom.